The van der Waals surface area contributed by atoms with Crippen molar-refractivity contribution in [1.29, 1.82) is 0 Å². The number of carbonyl (C=O) groups excluding carboxylic acids is 3. The fraction of sp³-hybridized carbons (Fsp3) is 0.227. The van der Waals surface area contributed by atoms with Crippen molar-refractivity contribution in [2.24, 2.45) is 0 Å². The highest BCUT2D eigenvalue weighted by Crippen LogP contribution is 2.36. The van der Waals surface area contributed by atoms with Crippen molar-refractivity contribution in [1.82, 2.24) is 5.32 Å². The number of benzene rings is 2. The molecule has 162 valence electrons. The minimum absolute atomic E-state index is 0.0361. The number of rotatable bonds is 6. The number of imide groups is 2. The standard InChI is InChI=1S/C22H20BrFN2O5/c1-4-12(2)31-19-11-17(23)13(10-18(19)30-3)9-16-20(27)25-22(29)26(21(16)28)15-7-5-14(24)6-8-15/h5-12H,4H2,1-3H3,(H,25,27,29)/b16-9+/t12-/m0/s1. The average molecular weight is 491 g/mol. The molecule has 0 aliphatic carbocycles. The maximum absolute atomic E-state index is 13.2. The highest BCUT2D eigenvalue weighted by Gasteiger charge is 2.37. The summed E-state index contributed by atoms with van der Waals surface area (Å²) in [6, 6.07) is 7.19. The molecule has 1 aliphatic rings. The molecule has 0 unspecified atom stereocenters. The van der Waals surface area contributed by atoms with Crippen molar-refractivity contribution in [3.05, 3.63) is 57.8 Å². The largest absolute Gasteiger partial charge is 0.493 e. The van der Waals surface area contributed by atoms with Gasteiger partial charge in [-0.15, -0.1) is 0 Å². The smallest absolute Gasteiger partial charge is 0.335 e. The fourth-order valence-electron chi connectivity index (χ4n) is 2.85. The van der Waals surface area contributed by atoms with Crippen LogP contribution < -0.4 is 19.7 Å². The predicted molar refractivity (Wildman–Crippen MR) is 116 cm³/mol. The molecule has 1 aliphatic heterocycles. The van der Waals surface area contributed by atoms with Crippen molar-refractivity contribution in [3.63, 3.8) is 0 Å². The Morgan fingerprint density at radius 2 is 1.84 bits per heavy atom. The number of barbiturate groups is 1. The molecular weight excluding hydrogens is 471 g/mol. The summed E-state index contributed by atoms with van der Waals surface area (Å²) in [7, 11) is 1.48. The molecule has 1 N–H and O–H groups in total. The number of ether oxygens (including phenoxy) is 2. The van der Waals surface area contributed by atoms with E-state index < -0.39 is 23.7 Å². The maximum Gasteiger partial charge on any atom is 0.335 e. The number of methoxy groups -OCH3 is 1. The molecule has 0 bridgehead atoms. The van der Waals surface area contributed by atoms with Crippen molar-refractivity contribution in [2.45, 2.75) is 26.4 Å². The molecule has 2 aromatic carbocycles. The number of urea groups is 1. The van der Waals surface area contributed by atoms with Gasteiger partial charge in [-0.25, -0.2) is 14.1 Å². The monoisotopic (exact) mass is 490 g/mol. The van der Waals surface area contributed by atoms with Crippen LogP contribution in [-0.4, -0.2) is 31.1 Å². The summed E-state index contributed by atoms with van der Waals surface area (Å²) >= 11 is 3.42. The van der Waals surface area contributed by atoms with Crippen LogP contribution in [0.15, 0.2) is 46.4 Å². The Labute approximate surface area is 186 Å². The average Bonchev–Trinajstić information content (AvgIpc) is 2.73. The summed E-state index contributed by atoms with van der Waals surface area (Å²) in [5.74, 6) is -1.25. The fourth-order valence-corrected chi connectivity index (χ4v) is 3.29. The van der Waals surface area contributed by atoms with Gasteiger partial charge in [0.05, 0.1) is 18.9 Å². The number of hydrogen-bond donors (Lipinski definition) is 1. The summed E-state index contributed by atoms with van der Waals surface area (Å²) in [6.07, 6.45) is 2.11. The highest BCUT2D eigenvalue weighted by molar-refractivity contribution is 9.10. The van der Waals surface area contributed by atoms with E-state index in [0.29, 0.717) is 21.5 Å². The molecule has 1 heterocycles. The van der Waals surface area contributed by atoms with Gasteiger partial charge in [-0.3, -0.25) is 14.9 Å². The van der Waals surface area contributed by atoms with Crippen LogP contribution in [-0.2, 0) is 9.59 Å². The molecule has 0 radical (unpaired) electrons. The Morgan fingerprint density at radius 1 is 1.16 bits per heavy atom. The van der Waals surface area contributed by atoms with Gasteiger partial charge < -0.3 is 9.47 Å². The lowest BCUT2D eigenvalue weighted by Gasteiger charge is -2.26. The Morgan fingerprint density at radius 3 is 2.45 bits per heavy atom. The second-order valence-corrected chi connectivity index (χ2v) is 7.65. The third-order valence-electron chi connectivity index (χ3n) is 4.67. The lowest BCUT2D eigenvalue weighted by atomic mass is 10.1. The first-order valence-electron chi connectivity index (χ1n) is 9.46. The summed E-state index contributed by atoms with van der Waals surface area (Å²) < 4.78 is 25.0. The van der Waals surface area contributed by atoms with E-state index in [1.54, 1.807) is 12.1 Å². The lowest BCUT2D eigenvalue weighted by molar-refractivity contribution is -0.122. The Hall–Kier alpha value is -3.20. The molecule has 2 aromatic rings. The molecule has 3 rings (SSSR count). The van der Waals surface area contributed by atoms with Crippen molar-refractivity contribution in [3.8, 4) is 11.5 Å². The van der Waals surface area contributed by atoms with Gasteiger partial charge >= 0.3 is 6.03 Å². The van der Waals surface area contributed by atoms with E-state index in [1.807, 2.05) is 13.8 Å². The highest BCUT2D eigenvalue weighted by atomic mass is 79.9. The molecule has 1 fully saturated rings. The quantitative estimate of drug-likeness (QED) is 0.477. The zero-order chi connectivity index (χ0) is 22.7. The molecule has 0 saturated carbocycles. The summed E-state index contributed by atoms with van der Waals surface area (Å²) in [4.78, 5) is 38.4. The zero-order valence-corrected chi connectivity index (χ0v) is 18.7. The number of carbonyl (C=O) groups is 3. The number of anilines is 1. The van der Waals surface area contributed by atoms with Gasteiger partial charge in [0.1, 0.15) is 11.4 Å². The first-order valence-corrected chi connectivity index (χ1v) is 10.3. The van der Waals surface area contributed by atoms with Crippen LogP contribution in [0.2, 0.25) is 0 Å². The number of amides is 4. The van der Waals surface area contributed by atoms with Crippen LogP contribution in [0, 0.1) is 5.82 Å². The maximum atomic E-state index is 13.2. The van der Waals surface area contributed by atoms with Crippen LogP contribution in [0.1, 0.15) is 25.8 Å². The molecule has 4 amide bonds. The first kappa shape index (κ1) is 22.5. The van der Waals surface area contributed by atoms with Crippen molar-refractivity contribution >= 4 is 45.5 Å². The second kappa shape index (κ2) is 9.30. The second-order valence-electron chi connectivity index (χ2n) is 6.80. The third kappa shape index (κ3) is 4.77. The van der Waals surface area contributed by atoms with Crippen LogP contribution in [0.25, 0.3) is 6.08 Å². The first-order chi connectivity index (χ1) is 14.7. The molecule has 0 aromatic heterocycles. The summed E-state index contributed by atoms with van der Waals surface area (Å²) in [5, 5.41) is 2.13. The van der Waals surface area contributed by atoms with E-state index in [4.69, 9.17) is 9.47 Å². The van der Waals surface area contributed by atoms with Crippen LogP contribution in [0.3, 0.4) is 0 Å². The van der Waals surface area contributed by atoms with Crippen LogP contribution in [0.4, 0.5) is 14.9 Å². The van der Waals surface area contributed by atoms with Gasteiger partial charge in [0, 0.05) is 4.47 Å². The van der Waals surface area contributed by atoms with E-state index in [-0.39, 0.29) is 17.4 Å². The Bertz CT molecular complexity index is 1070. The Balaban J connectivity index is 2.01. The van der Waals surface area contributed by atoms with E-state index in [0.717, 1.165) is 23.5 Å². The summed E-state index contributed by atoms with van der Waals surface area (Å²) in [5.41, 5.74) is 0.346. The van der Waals surface area contributed by atoms with Gasteiger partial charge in [-0.2, -0.15) is 0 Å². The van der Waals surface area contributed by atoms with Gasteiger partial charge in [-0.05, 0) is 61.4 Å². The molecule has 0 spiro atoms. The molecule has 9 heteroatoms. The Kier molecular flexibility index (Phi) is 6.74. The lowest BCUT2D eigenvalue weighted by Crippen LogP contribution is -2.54. The number of nitrogens with zero attached hydrogens (tertiary/aromatic N) is 1. The minimum Gasteiger partial charge on any atom is -0.493 e. The predicted octanol–water partition coefficient (Wildman–Crippen LogP) is 4.44. The van der Waals surface area contributed by atoms with Crippen molar-refractivity contribution in [2.75, 3.05) is 12.0 Å². The van der Waals surface area contributed by atoms with Gasteiger partial charge in [-0.1, -0.05) is 22.9 Å². The van der Waals surface area contributed by atoms with Crippen LogP contribution >= 0.6 is 15.9 Å². The zero-order valence-electron chi connectivity index (χ0n) is 17.1. The minimum atomic E-state index is -0.910. The normalized spacial score (nSPS) is 16.4. The topological polar surface area (TPSA) is 84.9 Å². The van der Waals surface area contributed by atoms with Crippen LogP contribution in [0.5, 0.6) is 11.5 Å². The molecule has 7 nitrogen and oxygen atoms in total. The van der Waals surface area contributed by atoms with Gasteiger partial charge in [0.25, 0.3) is 11.8 Å². The van der Waals surface area contributed by atoms with E-state index in [1.165, 1.54) is 25.3 Å². The van der Waals surface area contributed by atoms with Gasteiger partial charge in [0.2, 0.25) is 0 Å². The SMILES string of the molecule is CC[C@H](C)Oc1cc(Br)c(/C=C2\C(=O)NC(=O)N(c3ccc(F)cc3)C2=O)cc1OC. The molecule has 1 atom stereocenters. The number of nitrogens with one attached hydrogen (secondary N) is 1. The molecule has 1 saturated heterocycles. The van der Waals surface area contributed by atoms with E-state index in [2.05, 4.69) is 21.2 Å². The van der Waals surface area contributed by atoms with E-state index in [9.17, 15) is 18.8 Å². The summed E-state index contributed by atoms with van der Waals surface area (Å²) in [6.45, 7) is 3.92. The third-order valence-corrected chi connectivity index (χ3v) is 5.36. The number of halogens is 2. The van der Waals surface area contributed by atoms with E-state index >= 15 is 0 Å². The number of hydrogen-bond acceptors (Lipinski definition) is 5. The molecule has 31 heavy (non-hydrogen) atoms. The van der Waals surface area contributed by atoms with Crippen molar-refractivity contribution < 1.29 is 28.2 Å². The molecular formula is C22H20BrFN2O5. The van der Waals surface area contributed by atoms with Gasteiger partial charge in [0.15, 0.2) is 11.5 Å².